The zero-order valence-electron chi connectivity index (χ0n) is 29.4. The Morgan fingerprint density at radius 1 is 0.727 bits per heavy atom. The summed E-state index contributed by atoms with van der Waals surface area (Å²) in [6.45, 7) is 3.03. The molecule has 20 nitrogen and oxygen atoms in total. The van der Waals surface area contributed by atoms with Crippen molar-refractivity contribution in [3.63, 3.8) is 0 Å². The number of fused-ring (bicyclic) bond motifs is 1. The lowest BCUT2D eigenvalue weighted by atomic mass is 9.97. The maximum absolute atomic E-state index is 14.3. The van der Waals surface area contributed by atoms with Crippen LogP contribution in [0.2, 0.25) is 0 Å². The molecular formula is C35H42O20. The molecule has 302 valence electrons. The predicted molar refractivity (Wildman–Crippen MR) is 179 cm³/mol. The molecular weight excluding hydrogens is 740 g/mol. The number of hydrogen-bond donors (Lipinski definition) is 10. The van der Waals surface area contributed by atoms with Crippen molar-refractivity contribution in [2.45, 2.75) is 113 Å². The van der Waals surface area contributed by atoms with E-state index in [9.17, 15) is 60.7 Å². The fraction of sp³-hybridized carbons (Fsp3) is 0.543. The van der Waals surface area contributed by atoms with Gasteiger partial charge >= 0.3 is 5.97 Å². The van der Waals surface area contributed by atoms with Crippen molar-refractivity contribution in [1.29, 1.82) is 0 Å². The zero-order valence-corrected chi connectivity index (χ0v) is 29.4. The third kappa shape index (κ3) is 7.94. The van der Waals surface area contributed by atoms with Crippen molar-refractivity contribution in [3.05, 3.63) is 46.6 Å². The fourth-order valence-corrected chi connectivity index (χ4v) is 6.48. The molecule has 15 atom stereocenters. The molecule has 6 rings (SSSR count). The van der Waals surface area contributed by atoms with Crippen molar-refractivity contribution in [2.24, 2.45) is 0 Å². The Hall–Kier alpha value is -4.16. The highest BCUT2D eigenvalue weighted by Gasteiger charge is 2.53. The standard InChI is InChI=1S/C35H42O20/c1-11-21(40)25(44)27(46)33(48-11)51-16-8-17(39)20-18(9-16)52-29(14-4-6-15(38)7-5-14)31(24(20)43)55-35-32(50-13(3)37)30(22(41)12(2)49-35)54-34-28(47)26(45)23(42)19(10-36)53-34/h4-9,11-12,19,21-23,25-28,30,32-36,38-42,44-47H,10H2,1-3H3. The highest BCUT2D eigenvalue weighted by molar-refractivity contribution is 5.88. The van der Waals surface area contributed by atoms with Crippen LogP contribution in [-0.2, 0) is 28.5 Å². The van der Waals surface area contributed by atoms with Crippen LogP contribution >= 0.6 is 0 Å². The number of aliphatic hydroxyl groups is 8. The lowest BCUT2D eigenvalue weighted by Gasteiger charge is -2.46. The molecule has 0 aliphatic carbocycles. The Balaban J connectivity index is 1.40. The Bertz CT molecular complexity index is 1880. The number of rotatable bonds is 9. The molecule has 0 radical (unpaired) electrons. The van der Waals surface area contributed by atoms with E-state index in [1.54, 1.807) is 0 Å². The summed E-state index contributed by atoms with van der Waals surface area (Å²) in [7, 11) is 0. The summed E-state index contributed by atoms with van der Waals surface area (Å²) in [5, 5.41) is 103. The van der Waals surface area contributed by atoms with E-state index in [1.165, 1.54) is 44.2 Å². The topological polar surface area (TPSA) is 314 Å². The lowest BCUT2D eigenvalue weighted by molar-refractivity contribution is -0.350. The minimum atomic E-state index is -1.92. The van der Waals surface area contributed by atoms with Crippen molar-refractivity contribution < 1.29 is 93.4 Å². The largest absolute Gasteiger partial charge is 0.508 e. The van der Waals surface area contributed by atoms with E-state index in [0.29, 0.717) is 0 Å². The molecule has 3 fully saturated rings. The molecule has 20 heteroatoms. The summed E-state index contributed by atoms with van der Waals surface area (Å²) in [5.41, 5.74) is -1.16. The molecule has 2 aromatic carbocycles. The van der Waals surface area contributed by atoms with Crippen LogP contribution in [0.15, 0.2) is 45.6 Å². The minimum Gasteiger partial charge on any atom is -0.508 e. The van der Waals surface area contributed by atoms with Crippen LogP contribution in [0.25, 0.3) is 22.3 Å². The van der Waals surface area contributed by atoms with Gasteiger partial charge in [0.15, 0.2) is 18.2 Å². The number of aliphatic hydroxyl groups excluding tert-OH is 8. The molecule has 3 aromatic rings. The van der Waals surface area contributed by atoms with Gasteiger partial charge in [-0.05, 0) is 38.1 Å². The number of carbonyl (C=O) groups excluding carboxylic acids is 1. The number of esters is 1. The summed E-state index contributed by atoms with van der Waals surface area (Å²) in [4.78, 5) is 26.7. The summed E-state index contributed by atoms with van der Waals surface area (Å²) in [5.74, 6) is -2.95. The van der Waals surface area contributed by atoms with Crippen LogP contribution < -0.4 is 14.9 Å². The maximum atomic E-state index is 14.3. The van der Waals surface area contributed by atoms with Crippen molar-refractivity contribution in [2.75, 3.05) is 6.61 Å². The average Bonchev–Trinajstić information content (AvgIpc) is 3.14. The number of hydrogen-bond acceptors (Lipinski definition) is 20. The summed E-state index contributed by atoms with van der Waals surface area (Å²) < 4.78 is 45.9. The summed E-state index contributed by atoms with van der Waals surface area (Å²) in [6, 6.07) is 7.41. The van der Waals surface area contributed by atoms with Gasteiger partial charge in [0.25, 0.3) is 0 Å². The van der Waals surface area contributed by atoms with E-state index in [2.05, 4.69) is 0 Å². The van der Waals surface area contributed by atoms with Gasteiger partial charge in [-0.2, -0.15) is 0 Å². The first kappa shape index (κ1) is 40.5. The highest BCUT2D eigenvalue weighted by Crippen LogP contribution is 2.39. The Morgan fingerprint density at radius 2 is 1.35 bits per heavy atom. The molecule has 10 N–H and O–H groups in total. The van der Waals surface area contributed by atoms with E-state index in [1.807, 2.05) is 0 Å². The predicted octanol–water partition coefficient (Wildman–Crippen LogP) is -2.32. The van der Waals surface area contributed by atoms with E-state index < -0.39 is 127 Å². The first-order valence-corrected chi connectivity index (χ1v) is 17.1. The van der Waals surface area contributed by atoms with Gasteiger partial charge in [-0.15, -0.1) is 0 Å². The maximum Gasteiger partial charge on any atom is 0.303 e. The average molecular weight is 783 g/mol. The van der Waals surface area contributed by atoms with Gasteiger partial charge in [0.1, 0.15) is 83.2 Å². The normalized spacial score (nSPS) is 36.7. The molecule has 15 unspecified atom stereocenters. The number of phenols is 2. The monoisotopic (exact) mass is 782 g/mol. The van der Waals surface area contributed by atoms with Crippen LogP contribution in [0, 0.1) is 0 Å². The number of carbonyl (C=O) groups is 1. The molecule has 3 aliphatic heterocycles. The van der Waals surface area contributed by atoms with Crippen molar-refractivity contribution >= 4 is 16.9 Å². The van der Waals surface area contributed by atoms with Gasteiger partial charge in [0, 0.05) is 24.6 Å². The first-order chi connectivity index (χ1) is 26.0. The summed E-state index contributed by atoms with van der Waals surface area (Å²) in [6.07, 6.45) is -24.0. The Labute approximate surface area is 310 Å². The molecule has 1 aromatic heterocycles. The van der Waals surface area contributed by atoms with Gasteiger partial charge in [0.05, 0.1) is 18.8 Å². The number of phenolic OH excluding ortho intramolecular Hbond substituents is 2. The second kappa shape index (κ2) is 16.1. The molecule has 4 heterocycles. The minimum absolute atomic E-state index is 0.136. The third-order valence-corrected chi connectivity index (χ3v) is 9.53. The molecule has 3 saturated heterocycles. The molecule has 0 saturated carbocycles. The van der Waals surface area contributed by atoms with E-state index in [-0.39, 0.29) is 28.4 Å². The van der Waals surface area contributed by atoms with Crippen LogP contribution in [0.1, 0.15) is 20.8 Å². The lowest BCUT2D eigenvalue weighted by Crippen LogP contribution is -2.65. The van der Waals surface area contributed by atoms with E-state index in [4.69, 9.17) is 37.6 Å². The quantitative estimate of drug-likeness (QED) is 0.102. The van der Waals surface area contributed by atoms with Gasteiger partial charge in [-0.25, -0.2) is 0 Å². The number of ether oxygens (including phenoxy) is 7. The van der Waals surface area contributed by atoms with E-state index in [0.717, 1.165) is 13.0 Å². The Kier molecular flexibility index (Phi) is 11.9. The second-order valence-corrected chi connectivity index (χ2v) is 13.4. The molecule has 0 amide bonds. The van der Waals surface area contributed by atoms with Gasteiger partial charge < -0.3 is 88.6 Å². The van der Waals surface area contributed by atoms with Gasteiger partial charge in [-0.3, -0.25) is 9.59 Å². The van der Waals surface area contributed by atoms with Crippen LogP contribution in [0.5, 0.6) is 23.0 Å². The van der Waals surface area contributed by atoms with Crippen molar-refractivity contribution in [1.82, 2.24) is 0 Å². The molecule has 55 heavy (non-hydrogen) atoms. The summed E-state index contributed by atoms with van der Waals surface area (Å²) >= 11 is 0. The molecule has 0 bridgehead atoms. The van der Waals surface area contributed by atoms with Crippen molar-refractivity contribution in [3.8, 4) is 34.3 Å². The fourth-order valence-electron chi connectivity index (χ4n) is 6.48. The van der Waals surface area contributed by atoms with Gasteiger partial charge in [-0.1, -0.05) is 0 Å². The number of benzene rings is 2. The molecule has 0 spiro atoms. The van der Waals surface area contributed by atoms with Crippen LogP contribution in [0.3, 0.4) is 0 Å². The second-order valence-electron chi connectivity index (χ2n) is 13.4. The first-order valence-electron chi connectivity index (χ1n) is 17.1. The van der Waals surface area contributed by atoms with E-state index >= 15 is 0 Å². The highest BCUT2D eigenvalue weighted by atomic mass is 16.8. The molecule has 3 aliphatic rings. The number of aromatic hydroxyl groups is 2. The van der Waals surface area contributed by atoms with Crippen LogP contribution in [-0.4, -0.2) is 156 Å². The van der Waals surface area contributed by atoms with Crippen LogP contribution in [0.4, 0.5) is 0 Å². The smallest absolute Gasteiger partial charge is 0.303 e. The van der Waals surface area contributed by atoms with Gasteiger partial charge in [0.2, 0.25) is 23.8 Å². The Morgan fingerprint density at radius 3 is 2.00 bits per heavy atom. The zero-order chi connectivity index (χ0) is 40.0. The third-order valence-electron chi connectivity index (χ3n) is 9.53. The SMILES string of the molecule is CC(=O)OC1C(Oc2c(-c3ccc(O)cc3)oc3cc(OC4OC(C)C(O)C(O)C4O)cc(O)c3c2=O)OC(C)C(O)C1OC1OC(CO)C(O)C(O)C1O.